The Morgan fingerprint density at radius 2 is 2.00 bits per heavy atom. The molecule has 2 unspecified atom stereocenters. The van der Waals surface area contributed by atoms with Gasteiger partial charge in [0.15, 0.2) is 0 Å². The Balaban J connectivity index is 1.96. The molecule has 15 heavy (non-hydrogen) atoms. The molecule has 0 aromatic heterocycles. The van der Waals surface area contributed by atoms with Crippen molar-refractivity contribution in [3.63, 3.8) is 0 Å². The minimum atomic E-state index is -2.67. The van der Waals surface area contributed by atoms with Gasteiger partial charge in [0.2, 0.25) is 0 Å². The summed E-state index contributed by atoms with van der Waals surface area (Å²) in [5, 5.41) is 0. The number of hydrogen-bond donors (Lipinski definition) is 0. The Kier molecular flexibility index (Phi) is 2.86. The molecule has 0 aromatic carbocycles. The van der Waals surface area contributed by atoms with E-state index in [1.807, 2.05) is 0 Å². The molecule has 3 rings (SSSR count). The topological polar surface area (TPSA) is 6.48 Å². The summed E-state index contributed by atoms with van der Waals surface area (Å²) in [4.78, 5) is 0. The fourth-order valence-electron chi connectivity index (χ4n) is 3.03. The van der Waals surface area contributed by atoms with Gasteiger partial charge in [-0.05, 0) is 0 Å². The van der Waals surface area contributed by atoms with Crippen LogP contribution < -0.4 is 0 Å². The second-order valence-corrected chi connectivity index (χ2v) is 14.4. The van der Waals surface area contributed by atoms with Crippen LogP contribution in [-0.4, -0.2) is 44.9 Å². The maximum absolute atomic E-state index is 6.67. The molecule has 3 aliphatic rings. The monoisotopic (exact) mass is 309 g/mol. The van der Waals surface area contributed by atoms with Crippen LogP contribution in [0.4, 0.5) is 0 Å². The molecule has 0 radical (unpaired) electrons. The van der Waals surface area contributed by atoms with Crippen LogP contribution in [0.2, 0.25) is 0 Å². The molecular weight excluding hydrogens is 294 g/mol. The van der Waals surface area contributed by atoms with Crippen molar-refractivity contribution in [1.82, 2.24) is 7.63 Å². The number of halogens is 2. The van der Waals surface area contributed by atoms with E-state index in [9.17, 15) is 0 Å². The minimum absolute atomic E-state index is 0.515. The van der Waals surface area contributed by atoms with Gasteiger partial charge in [-0.1, -0.05) is 0 Å². The van der Waals surface area contributed by atoms with Gasteiger partial charge in [-0.25, -0.2) is 0 Å². The second-order valence-electron chi connectivity index (χ2n) is 4.55. The molecule has 0 spiro atoms. The Morgan fingerprint density at radius 3 is 2.87 bits per heavy atom. The van der Waals surface area contributed by atoms with Gasteiger partial charge in [-0.2, -0.15) is 0 Å². The van der Waals surface area contributed by atoms with Gasteiger partial charge in [0, 0.05) is 0 Å². The van der Waals surface area contributed by atoms with Gasteiger partial charge in [-0.15, -0.1) is 0 Å². The zero-order chi connectivity index (χ0) is 10.5. The van der Waals surface area contributed by atoms with E-state index >= 15 is 0 Å². The second kappa shape index (κ2) is 3.92. The number of rotatable bonds is 0. The van der Waals surface area contributed by atoms with Crippen molar-refractivity contribution in [2.45, 2.75) is 37.8 Å². The molecule has 2 fully saturated rings. The van der Waals surface area contributed by atoms with Crippen LogP contribution >= 0.6 is 19.9 Å². The number of fused-ring (bicyclic) bond motifs is 3. The maximum atomic E-state index is 6.67. The third kappa shape index (κ3) is 1.61. The van der Waals surface area contributed by atoms with Crippen LogP contribution in [0.3, 0.4) is 0 Å². The molecule has 0 N–H and O–H groups in total. The standard InChI is InChI=1S/C10H16AsCl2N2/c12-11(13)14-7-3-1-5-9(14)10-6-2-4-8-15(10)11/h1,5,9-10H,2-4,6-8H2/q+1. The number of hydrogen-bond acceptors (Lipinski definition) is 2. The van der Waals surface area contributed by atoms with E-state index in [0.29, 0.717) is 12.1 Å². The molecular formula is C10H16AsCl2N2+. The Bertz CT molecular complexity index is 295. The molecule has 0 amide bonds. The Hall–Kier alpha value is 0.798. The van der Waals surface area contributed by atoms with E-state index in [4.69, 9.17) is 19.9 Å². The summed E-state index contributed by atoms with van der Waals surface area (Å²) in [5.41, 5.74) is 0. The Labute approximate surface area is 102 Å². The van der Waals surface area contributed by atoms with Gasteiger partial charge >= 0.3 is 103 Å². The van der Waals surface area contributed by atoms with Crippen LogP contribution in [0.1, 0.15) is 25.7 Å². The predicted octanol–water partition coefficient (Wildman–Crippen LogP) is 2.40. The SMILES string of the molecule is Cl[As+]1(Cl)N2CCC=CC2C2CCCCN21. The van der Waals surface area contributed by atoms with Crippen molar-refractivity contribution in [2.75, 3.05) is 13.1 Å². The van der Waals surface area contributed by atoms with Crippen molar-refractivity contribution in [1.29, 1.82) is 0 Å². The Morgan fingerprint density at radius 1 is 1.13 bits per heavy atom. The zero-order valence-electron chi connectivity index (χ0n) is 8.65. The van der Waals surface area contributed by atoms with Crippen LogP contribution in [0.5, 0.6) is 0 Å². The van der Waals surface area contributed by atoms with E-state index in [1.54, 1.807) is 0 Å². The normalized spacial score (nSPS) is 40.1. The first-order valence-corrected chi connectivity index (χ1v) is 12.3. The van der Waals surface area contributed by atoms with E-state index in [1.165, 1.54) is 19.3 Å². The summed E-state index contributed by atoms with van der Waals surface area (Å²) in [6.45, 7) is 2.18. The fourth-order valence-corrected chi connectivity index (χ4v) is 11.4. The molecule has 0 aromatic rings. The molecule has 3 aliphatic heterocycles. The quantitative estimate of drug-likeness (QED) is 0.501. The van der Waals surface area contributed by atoms with Crippen LogP contribution in [0.15, 0.2) is 12.2 Å². The van der Waals surface area contributed by atoms with Crippen molar-refractivity contribution >= 4 is 32.0 Å². The van der Waals surface area contributed by atoms with Crippen LogP contribution in [0, 0.1) is 0 Å². The number of nitrogens with zero attached hydrogens (tertiary/aromatic N) is 2. The molecule has 5 heteroatoms. The fraction of sp³-hybridized carbons (Fsp3) is 0.800. The first-order valence-electron chi connectivity index (χ1n) is 5.70. The van der Waals surface area contributed by atoms with Gasteiger partial charge in [0.1, 0.15) is 0 Å². The molecule has 2 atom stereocenters. The summed E-state index contributed by atoms with van der Waals surface area (Å²) in [5.74, 6) is 0. The molecule has 84 valence electrons. The molecule has 3 heterocycles. The van der Waals surface area contributed by atoms with Crippen LogP contribution in [-0.2, 0) is 0 Å². The van der Waals surface area contributed by atoms with E-state index in [0.717, 1.165) is 19.5 Å². The molecule has 0 aliphatic carbocycles. The summed E-state index contributed by atoms with van der Waals surface area (Å²) < 4.78 is 4.86. The van der Waals surface area contributed by atoms with Crippen molar-refractivity contribution in [3.8, 4) is 0 Å². The first kappa shape index (κ1) is 10.9. The van der Waals surface area contributed by atoms with Gasteiger partial charge in [0.25, 0.3) is 0 Å². The predicted molar refractivity (Wildman–Crippen MR) is 66.1 cm³/mol. The average Bonchev–Trinajstić information content (AvgIpc) is 2.51. The van der Waals surface area contributed by atoms with Crippen molar-refractivity contribution in [2.24, 2.45) is 0 Å². The third-order valence-corrected chi connectivity index (χ3v) is 12.4. The average molecular weight is 310 g/mol. The van der Waals surface area contributed by atoms with E-state index < -0.39 is 12.1 Å². The van der Waals surface area contributed by atoms with E-state index in [-0.39, 0.29) is 0 Å². The summed E-state index contributed by atoms with van der Waals surface area (Å²) in [6.07, 6.45) is 9.61. The summed E-state index contributed by atoms with van der Waals surface area (Å²) in [7, 11) is 13.3. The summed E-state index contributed by atoms with van der Waals surface area (Å²) in [6, 6.07) is 1.12. The van der Waals surface area contributed by atoms with Crippen molar-refractivity contribution in [3.05, 3.63) is 12.2 Å². The van der Waals surface area contributed by atoms with Crippen molar-refractivity contribution < 1.29 is 0 Å². The molecule has 2 saturated heterocycles. The van der Waals surface area contributed by atoms with E-state index in [2.05, 4.69) is 19.8 Å². The van der Waals surface area contributed by atoms with Gasteiger partial charge in [0.05, 0.1) is 0 Å². The van der Waals surface area contributed by atoms with Gasteiger partial charge in [-0.3, -0.25) is 0 Å². The molecule has 0 saturated carbocycles. The first-order chi connectivity index (χ1) is 7.21. The number of piperidine rings is 1. The van der Waals surface area contributed by atoms with Gasteiger partial charge < -0.3 is 0 Å². The molecule has 2 nitrogen and oxygen atoms in total. The third-order valence-electron chi connectivity index (χ3n) is 3.73. The summed E-state index contributed by atoms with van der Waals surface area (Å²) >= 11 is -2.67. The molecule has 0 bridgehead atoms. The van der Waals surface area contributed by atoms with Crippen LogP contribution in [0.25, 0.3) is 0 Å². The zero-order valence-corrected chi connectivity index (χ0v) is 12.0.